The van der Waals surface area contributed by atoms with E-state index in [0.29, 0.717) is 35.7 Å². The Morgan fingerprint density at radius 3 is 2.43 bits per heavy atom. The van der Waals surface area contributed by atoms with Gasteiger partial charge in [-0.3, -0.25) is 4.79 Å². The van der Waals surface area contributed by atoms with Gasteiger partial charge in [0.25, 0.3) is 0 Å². The number of aliphatic hydroxyl groups excluding tert-OH is 1. The van der Waals surface area contributed by atoms with E-state index in [-0.39, 0.29) is 35.4 Å². The zero-order valence-electron chi connectivity index (χ0n) is 22.4. The quantitative estimate of drug-likeness (QED) is 0.407. The topological polar surface area (TPSA) is 87.0 Å². The van der Waals surface area contributed by atoms with Crippen LogP contribution in [0.25, 0.3) is 0 Å². The van der Waals surface area contributed by atoms with Crippen LogP contribution in [-0.4, -0.2) is 46.2 Å². The molecule has 198 valence electrons. The molecule has 0 unspecified atom stereocenters. The first-order valence-electron chi connectivity index (χ1n) is 14.2. The lowest BCUT2D eigenvalue weighted by molar-refractivity contribution is -0.168. The first-order chi connectivity index (χ1) is 16.4. The Kier molecular flexibility index (Phi) is 6.10. The van der Waals surface area contributed by atoms with Crippen LogP contribution in [0.3, 0.4) is 0 Å². The van der Waals surface area contributed by atoms with Crippen molar-refractivity contribution >= 4 is 5.97 Å². The highest BCUT2D eigenvalue weighted by Gasteiger charge is 2.80. The summed E-state index contributed by atoms with van der Waals surface area (Å²) < 4.78 is 6.19. The van der Waals surface area contributed by atoms with Gasteiger partial charge in [-0.05, 0) is 123 Å². The zero-order chi connectivity index (χ0) is 25.4. The number of carboxylic acid groups (broad SMARTS) is 1. The number of hydrogen-bond acceptors (Lipinski definition) is 4. The van der Waals surface area contributed by atoms with Crippen molar-refractivity contribution in [2.75, 3.05) is 13.2 Å². The van der Waals surface area contributed by atoms with Gasteiger partial charge in [0.15, 0.2) is 0 Å². The van der Waals surface area contributed by atoms with Gasteiger partial charge in [0.2, 0.25) is 0 Å². The van der Waals surface area contributed by atoms with Crippen molar-refractivity contribution in [3.05, 3.63) is 12.2 Å². The SMILES string of the molecule is C=C(C)[C@@H]1CC[C@@H]2[C@]3(CC[C@]4(C)[C@@H]([C@@H]5CC[C@H]([C@](C)(O)CO)OC5)CC[C@@]24C)C[C@]13CCC(=O)O. The molecule has 1 saturated heterocycles. The number of hydrogen-bond donors (Lipinski definition) is 3. The summed E-state index contributed by atoms with van der Waals surface area (Å²) in [5.74, 6) is 1.65. The Bertz CT molecular complexity index is 874. The Hall–Kier alpha value is -0.910. The maximum absolute atomic E-state index is 11.6. The second kappa shape index (κ2) is 8.30. The molecule has 0 aromatic carbocycles. The summed E-state index contributed by atoms with van der Waals surface area (Å²) >= 11 is 0. The highest BCUT2D eigenvalue weighted by Crippen LogP contribution is 2.87. The number of fused-ring (bicyclic) bond motifs is 2. The molecule has 5 heteroatoms. The zero-order valence-corrected chi connectivity index (χ0v) is 22.4. The van der Waals surface area contributed by atoms with Gasteiger partial charge in [0, 0.05) is 6.42 Å². The van der Waals surface area contributed by atoms with Crippen LogP contribution in [-0.2, 0) is 9.53 Å². The lowest BCUT2D eigenvalue weighted by Gasteiger charge is -2.61. The molecule has 35 heavy (non-hydrogen) atoms. The molecule has 0 radical (unpaired) electrons. The summed E-state index contributed by atoms with van der Waals surface area (Å²) in [6, 6.07) is 0. The van der Waals surface area contributed by atoms with E-state index < -0.39 is 11.6 Å². The Morgan fingerprint density at radius 1 is 1.09 bits per heavy atom. The van der Waals surface area contributed by atoms with Crippen molar-refractivity contribution in [2.24, 2.45) is 45.3 Å². The fourth-order valence-electron chi connectivity index (χ4n) is 10.8. The number of rotatable bonds is 7. The minimum atomic E-state index is -1.16. The van der Waals surface area contributed by atoms with Crippen LogP contribution in [0.5, 0.6) is 0 Å². The minimum absolute atomic E-state index is 0.152. The van der Waals surface area contributed by atoms with Crippen molar-refractivity contribution in [1.82, 2.24) is 0 Å². The average Bonchev–Trinajstić information content (AvgIpc) is 3.41. The van der Waals surface area contributed by atoms with Crippen molar-refractivity contribution < 1.29 is 24.9 Å². The number of carbonyl (C=O) groups is 1. The van der Waals surface area contributed by atoms with Crippen molar-refractivity contribution in [3.63, 3.8) is 0 Å². The van der Waals surface area contributed by atoms with Gasteiger partial charge >= 0.3 is 5.97 Å². The number of ether oxygens (including phenoxy) is 1. The van der Waals surface area contributed by atoms with Crippen LogP contribution in [0.15, 0.2) is 12.2 Å². The molecule has 1 aliphatic heterocycles. The van der Waals surface area contributed by atoms with Gasteiger partial charge in [-0.1, -0.05) is 26.0 Å². The van der Waals surface area contributed by atoms with Crippen LogP contribution in [0.1, 0.15) is 98.3 Å². The highest BCUT2D eigenvalue weighted by molar-refractivity contribution is 5.67. The Labute approximate surface area is 211 Å². The van der Waals surface area contributed by atoms with Crippen LogP contribution in [0.2, 0.25) is 0 Å². The lowest BCUT2D eigenvalue weighted by Crippen LogP contribution is -2.55. The fourth-order valence-corrected chi connectivity index (χ4v) is 10.8. The van der Waals surface area contributed by atoms with Gasteiger partial charge < -0.3 is 20.1 Å². The second-order valence-corrected chi connectivity index (χ2v) is 14.1. The molecular formula is C30H48O5. The second-order valence-electron chi connectivity index (χ2n) is 14.1. The van der Waals surface area contributed by atoms with Crippen LogP contribution < -0.4 is 0 Å². The van der Waals surface area contributed by atoms with Gasteiger partial charge in [-0.15, -0.1) is 0 Å². The summed E-state index contributed by atoms with van der Waals surface area (Å²) in [4.78, 5) is 11.6. The summed E-state index contributed by atoms with van der Waals surface area (Å²) in [7, 11) is 0. The Balaban J connectivity index is 1.37. The maximum Gasteiger partial charge on any atom is 0.303 e. The largest absolute Gasteiger partial charge is 0.481 e. The van der Waals surface area contributed by atoms with Crippen molar-refractivity contribution in [1.29, 1.82) is 0 Å². The molecule has 3 N–H and O–H groups in total. The van der Waals surface area contributed by atoms with E-state index in [1.807, 2.05) is 0 Å². The molecule has 0 aromatic heterocycles. The van der Waals surface area contributed by atoms with Gasteiger partial charge in [-0.25, -0.2) is 0 Å². The Morgan fingerprint density at radius 2 is 1.83 bits per heavy atom. The number of carboxylic acids is 1. The van der Waals surface area contributed by atoms with E-state index in [4.69, 9.17) is 4.74 Å². The molecule has 4 saturated carbocycles. The highest BCUT2D eigenvalue weighted by atomic mass is 16.5. The lowest BCUT2D eigenvalue weighted by atomic mass is 9.43. The summed E-state index contributed by atoms with van der Waals surface area (Å²) in [5.41, 5.74) is 1.13. The third kappa shape index (κ3) is 3.46. The summed E-state index contributed by atoms with van der Waals surface area (Å²) in [6.45, 7) is 13.8. The van der Waals surface area contributed by atoms with E-state index in [1.165, 1.54) is 50.5 Å². The molecule has 0 aromatic rings. The van der Waals surface area contributed by atoms with E-state index in [2.05, 4.69) is 27.4 Å². The monoisotopic (exact) mass is 488 g/mol. The molecule has 5 nitrogen and oxygen atoms in total. The normalized spacial score (nSPS) is 50.4. The molecule has 4 aliphatic carbocycles. The van der Waals surface area contributed by atoms with E-state index in [0.717, 1.165) is 19.3 Å². The van der Waals surface area contributed by atoms with Gasteiger partial charge in [0.05, 0.1) is 19.3 Å². The average molecular weight is 489 g/mol. The first-order valence-corrected chi connectivity index (χ1v) is 14.2. The number of aliphatic hydroxyl groups is 2. The number of allylic oxidation sites excluding steroid dienone is 1. The van der Waals surface area contributed by atoms with E-state index >= 15 is 0 Å². The molecular weight excluding hydrogens is 440 g/mol. The predicted octanol–water partition coefficient (Wildman–Crippen LogP) is 5.58. The van der Waals surface area contributed by atoms with Crippen LogP contribution in [0.4, 0.5) is 0 Å². The first kappa shape index (κ1) is 25.7. The molecule has 0 bridgehead atoms. The third-order valence-corrected chi connectivity index (χ3v) is 12.8. The predicted molar refractivity (Wildman–Crippen MR) is 136 cm³/mol. The summed E-state index contributed by atoms with van der Waals surface area (Å²) in [6.07, 6.45) is 11.3. The molecule has 0 amide bonds. The van der Waals surface area contributed by atoms with Crippen molar-refractivity contribution in [2.45, 2.75) is 110 Å². The molecule has 5 aliphatic rings. The third-order valence-electron chi connectivity index (χ3n) is 12.8. The standard InChI is InChI=1S/C30H48O5/c1-19(2)21-7-8-23-27(4)12-10-22(20-6-9-24(35-16-20)28(5,34)18-31)26(27,3)14-15-30(23)17-29(21,30)13-11-25(32)33/h20-24,31,34H,1,6-18H2,2-5H3,(H,32,33)/t20-,21+,22-,23+,24-,26-,27+,28-,29-,30+/m1/s1. The molecule has 1 heterocycles. The molecule has 5 fully saturated rings. The number of aliphatic carboxylic acids is 1. The molecule has 10 atom stereocenters. The maximum atomic E-state index is 11.6. The van der Waals surface area contributed by atoms with Crippen molar-refractivity contribution in [3.8, 4) is 0 Å². The smallest absolute Gasteiger partial charge is 0.303 e. The fraction of sp³-hybridized carbons (Fsp3) is 0.900. The minimum Gasteiger partial charge on any atom is -0.481 e. The molecule has 1 spiro atoms. The van der Waals surface area contributed by atoms with E-state index in [9.17, 15) is 20.1 Å². The van der Waals surface area contributed by atoms with Gasteiger partial charge in [-0.2, -0.15) is 0 Å². The molecule has 5 rings (SSSR count). The summed E-state index contributed by atoms with van der Waals surface area (Å²) in [5, 5.41) is 29.6. The van der Waals surface area contributed by atoms with Gasteiger partial charge in [0.1, 0.15) is 5.60 Å². The van der Waals surface area contributed by atoms with Crippen LogP contribution >= 0.6 is 0 Å². The van der Waals surface area contributed by atoms with E-state index in [1.54, 1.807) is 6.92 Å². The van der Waals surface area contributed by atoms with Crippen LogP contribution in [0, 0.1) is 45.3 Å².